The first-order valence-corrected chi connectivity index (χ1v) is 28.2. The molecule has 0 radical (unpaired) electrons. The van der Waals surface area contributed by atoms with Crippen LogP contribution in [0.15, 0.2) is 96.5 Å². The molecule has 3 atom stereocenters. The number of fused-ring (bicyclic) bond motifs is 1. The predicted octanol–water partition coefficient (Wildman–Crippen LogP) is 6.21. The number of ether oxygens (including phenoxy) is 4. The lowest BCUT2D eigenvalue weighted by Gasteiger charge is -2.35. The monoisotopic (exact) mass is 1160 g/mol. The highest BCUT2D eigenvalue weighted by molar-refractivity contribution is 7.13. The second kappa shape index (κ2) is 28.5. The van der Waals surface area contributed by atoms with Crippen LogP contribution < -0.4 is 16.0 Å². The van der Waals surface area contributed by atoms with Crippen molar-refractivity contribution in [2.75, 3.05) is 97.4 Å². The molecular weight excluding hydrogens is 1080 g/mol. The van der Waals surface area contributed by atoms with E-state index in [2.05, 4.69) is 30.7 Å². The number of aryl methyl sites for hydroxylation is 1. The molecule has 0 unspecified atom stereocenters. The van der Waals surface area contributed by atoms with E-state index in [0.717, 1.165) is 72.1 Å². The Bertz CT molecular complexity index is 3090. The number of halogens is 3. The van der Waals surface area contributed by atoms with Crippen molar-refractivity contribution in [3.63, 3.8) is 0 Å². The predicted molar refractivity (Wildman–Crippen MR) is 303 cm³/mol. The number of imidazole rings is 1. The second-order valence-electron chi connectivity index (χ2n) is 21.4. The Morgan fingerprint density at radius 1 is 0.793 bits per heavy atom. The molecule has 19 nitrogen and oxygen atoms in total. The number of aliphatic hydroxyl groups is 2. The SMILES string of the molecule is Cc1ncsc1-c1ccc(CNC(=O)[C@@H]2C[C@@H](O)CN2C(=O)[C@@H](NC(=O)COCCOCCOCCOCCN2CCN(Cc3ccc4c(c3)nc(NC(=O)c3cccc(C(F)(F)F)c3)n4-c3ccc(CO)cc3)CC2)C(C)(C)C)cc1. The minimum Gasteiger partial charge on any atom is -0.392 e. The number of hydrogen-bond acceptors (Lipinski definition) is 15. The van der Waals surface area contributed by atoms with Crippen LogP contribution in [0.2, 0.25) is 0 Å². The number of piperazine rings is 1. The van der Waals surface area contributed by atoms with Crippen LogP contribution in [0.5, 0.6) is 0 Å². The number of aliphatic hydroxyl groups excluding tert-OH is 2. The number of rotatable bonds is 26. The summed E-state index contributed by atoms with van der Waals surface area (Å²) in [6.45, 7) is 14.4. The van der Waals surface area contributed by atoms with Gasteiger partial charge in [-0.2, -0.15) is 13.2 Å². The number of thiazole rings is 1. The number of nitrogens with one attached hydrogen (secondary N) is 3. The van der Waals surface area contributed by atoms with Gasteiger partial charge in [-0.1, -0.05) is 69.3 Å². The van der Waals surface area contributed by atoms with Gasteiger partial charge in [0.2, 0.25) is 23.7 Å². The summed E-state index contributed by atoms with van der Waals surface area (Å²) >= 11 is 1.56. The molecule has 6 aromatic rings. The zero-order valence-electron chi connectivity index (χ0n) is 46.6. The fourth-order valence-electron chi connectivity index (χ4n) is 9.76. The third kappa shape index (κ3) is 16.8. The fraction of sp³-hybridized carbons (Fsp3) is 0.458. The van der Waals surface area contributed by atoms with Gasteiger partial charge in [0.25, 0.3) is 5.91 Å². The van der Waals surface area contributed by atoms with Crippen LogP contribution in [0.25, 0.3) is 27.2 Å². The van der Waals surface area contributed by atoms with E-state index in [1.54, 1.807) is 45.7 Å². The van der Waals surface area contributed by atoms with Crippen molar-refractivity contribution in [2.24, 2.45) is 5.41 Å². The number of benzene rings is 4. The topological polar surface area (TPSA) is 222 Å². The Morgan fingerprint density at radius 3 is 2.09 bits per heavy atom. The van der Waals surface area contributed by atoms with Crippen molar-refractivity contribution in [1.82, 2.24) is 39.9 Å². The number of carbonyl (C=O) groups is 4. The quantitative estimate of drug-likeness (QED) is 0.0381. The third-order valence-corrected chi connectivity index (χ3v) is 15.2. The van der Waals surface area contributed by atoms with Crippen LogP contribution in [0.4, 0.5) is 19.1 Å². The van der Waals surface area contributed by atoms with Crippen LogP contribution in [-0.4, -0.2) is 173 Å². The minimum atomic E-state index is -4.61. The molecule has 440 valence electrons. The van der Waals surface area contributed by atoms with Crippen molar-refractivity contribution in [3.8, 4) is 16.1 Å². The summed E-state index contributed by atoms with van der Waals surface area (Å²) in [6, 6.07) is 23.1. The van der Waals surface area contributed by atoms with Gasteiger partial charge in [-0.25, -0.2) is 9.97 Å². The molecule has 82 heavy (non-hydrogen) atoms. The number of amides is 4. The molecule has 0 aliphatic carbocycles. The Labute approximate surface area is 478 Å². The van der Waals surface area contributed by atoms with Gasteiger partial charge in [-0.3, -0.25) is 38.9 Å². The van der Waals surface area contributed by atoms with E-state index in [4.69, 9.17) is 23.9 Å². The highest BCUT2D eigenvalue weighted by atomic mass is 32.1. The van der Waals surface area contributed by atoms with Crippen LogP contribution in [-0.2, 0) is 59.2 Å². The number of anilines is 1. The average molecular weight is 1160 g/mol. The lowest BCUT2D eigenvalue weighted by molar-refractivity contribution is -0.144. The molecular formula is C59H72F3N9O10S. The molecule has 8 rings (SSSR count). The van der Waals surface area contributed by atoms with Crippen molar-refractivity contribution in [3.05, 3.63) is 130 Å². The molecule has 23 heteroatoms. The normalized spacial score (nSPS) is 16.6. The first-order valence-electron chi connectivity index (χ1n) is 27.4. The molecule has 2 aliphatic heterocycles. The van der Waals surface area contributed by atoms with Gasteiger partial charge >= 0.3 is 6.18 Å². The molecule has 4 aromatic carbocycles. The molecule has 2 saturated heterocycles. The maximum absolute atomic E-state index is 14.0. The molecule has 4 amide bonds. The zero-order valence-corrected chi connectivity index (χ0v) is 47.4. The fourth-order valence-corrected chi connectivity index (χ4v) is 10.6. The van der Waals surface area contributed by atoms with Gasteiger partial charge in [0.1, 0.15) is 18.7 Å². The number of β-amino-alcohol motifs (C(OH)–C–C–N with tert-alkyl or cyclic N) is 1. The Hall–Kier alpha value is -6.67. The number of likely N-dealkylation sites (tertiary alicyclic amines) is 1. The Kier molecular flexibility index (Phi) is 21.4. The summed E-state index contributed by atoms with van der Waals surface area (Å²) in [5.41, 5.74) is 6.51. The highest BCUT2D eigenvalue weighted by Crippen LogP contribution is 2.32. The lowest BCUT2D eigenvalue weighted by Crippen LogP contribution is -2.58. The molecule has 2 fully saturated rings. The van der Waals surface area contributed by atoms with Crippen LogP contribution in [0.1, 0.15) is 65.5 Å². The molecule has 2 aliphatic rings. The van der Waals surface area contributed by atoms with E-state index in [9.17, 15) is 42.6 Å². The van der Waals surface area contributed by atoms with Crippen LogP contribution in [0.3, 0.4) is 0 Å². The molecule has 0 spiro atoms. The molecule has 0 bridgehead atoms. The Morgan fingerprint density at radius 2 is 1.44 bits per heavy atom. The number of carbonyl (C=O) groups excluding carboxylic acids is 4. The van der Waals surface area contributed by atoms with E-state index in [0.29, 0.717) is 61.9 Å². The second-order valence-corrected chi connectivity index (χ2v) is 22.3. The first kappa shape index (κ1) is 61.4. The maximum atomic E-state index is 14.0. The van der Waals surface area contributed by atoms with E-state index >= 15 is 0 Å². The van der Waals surface area contributed by atoms with Crippen molar-refractivity contribution in [1.29, 1.82) is 0 Å². The minimum absolute atomic E-state index is 0.0306. The van der Waals surface area contributed by atoms with E-state index in [1.165, 1.54) is 17.0 Å². The van der Waals surface area contributed by atoms with Gasteiger partial charge in [-0.15, -0.1) is 11.3 Å². The first-order chi connectivity index (χ1) is 39.3. The van der Waals surface area contributed by atoms with Gasteiger partial charge in [-0.05, 0) is 77.1 Å². The summed E-state index contributed by atoms with van der Waals surface area (Å²) in [5, 5.41) is 28.6. The van der Waals surface area contributed by atoms with Crippen LogP contribution in [0, 0.1) is 12.3 Å². The van der Waals surface area contributed by atoms with Crippen molar-refractivity contribution in [2.45, 2.75) is 78.2 Å². The molecule has 0 saturated carbocycles. The van der Waals surface area contributed by atoms with E-state index < -0.39 is 53.1 Å². The molecule has 4 heterocycles. The molecule has 5 N–H and O–H groups in total. The van der Waals surface area contributed by atoms with Gasteiger partial charge in [0, 0.05) is 70.0 Å². The summed E-state index contributed by atoms with van der Waals surface area (Å²) in [5.74, 6) is -1.93. The maximum Gasteiger partial charge on any atom is 0.416 e. The third-order valence-electron chi connectivity index (χ3n) is 14.3. The summed E-state index contributed by atoms with van der Waals surface area (Å²) in [7, 11) is 0. The van der Waals surface area contributed by atoms with E-state index in [-0.39, 0.29) is 63.4 Å². The zero-order chi connectivity index (χ0) is 58.4. The Balaban J connectivity index is 0.678. The standard InChI is InChI=1S/C59H72F3N9O10S/c1-39-52(82-38-64-39)43-13-8-40(9-14-43)33-63-55(76)50-32-47(73)35-70(50)56(77)53(58(2,3)4)66-51(74)37-81-29-28-80-27-26-79-25-24-78-23-22-68-18-20-69(21-19-68)34-42-12-17-49-48(30-42)65-57(71(49)46-15-10-41(36-72)11-16-46)67-54(75)44-6-5-7-45(31-44)59(60,61)62/h5-17,30-31,38,47,50,53,72-73H,18-29,32-37H2,1-4H3,(H,63,76)(H,66,74)(H,65,67,75)/t47-,50+,53-/m1/s1. The number of alkyl halides is 3. The summed E-state index contributed by atoms with van der Waals surface area (Å²) < 4.78 is 64.7. The smallest absolute Gasteiger partial charge is 0.392 e. The van der Waals surface area contributed by atoms with Gasteiger partial charge in [0.05, 0.1) is 91.6 Å². The van der Waals surface area contributed by atoms with Crippen molar-refractivity contribution >= 4 is 51.9 Å². The summed E-state index contributed by atoms with van der Waals surface area (Å²) in [4.78, 5) is 69.9. The average Bonchev–Trinajstić information content (AvgIpc) is 3.73. The number of hydrogen-bond donors (Lipinski definition) is 5. The lowest BCUT2D eigenvalue weighted by atomic mass is 9.85. The van der Waals surface area contributed by atoms with Crippen LogP contribution >= 0.6 is 11.3 Å². The largest absolute Gasteiger partial charge is 0.416 e. The number of aromatic nitrogens is 3. The van der Waals surface area contributed by atoms with Gasteiger partial charge < -0.3 is 44.7 Å². The highest BCUT2D eigenvalue weighted by Gasteiger charge is 2.44. The van der Waals surface area contributed by atoms with Gasteiger partial charge in [0.15, 0.2) is 0 Å². The van der Waals surface area contributed by atoms with E-state index in [1.807, 2.05) is 70.2 Å². The molecule has 2 aromatic heterocycles. The van der Waals surface area contributed by atoms with Crippen molar-refractivity contribution < 1.29 is 61.5 Å². The summed E-state index contributed by atoms with van der Waals surface area (Å²) in [6.07, 6.45) is -5.41. The number of nitrogens with zero attached hydrogens (tertiary/aromatic N) is 6.